The highest BCUT2D eigenvalue weighted by molar-refractivity contribution is 5.78. The van der Waals surface area contributed by atoms with Gasteiger partial charge in [-0.05, 0) is 13.5 Å². The number of methoxy groups -OCH3 is 1. The third kappa shape index (κ3) is 7.49. The number of carbonyl (C=O) groups excluding carboxylic acids is 1. The number of nitrogens with one attached hydrogen (secondary N) is 1. The quantitative estimate of drug-likeness (QED) is 0.552. The number of Topliss-reactive ketones (excluding diaryl/α,β-unsaturated/α-hetero) is 1. The van der Waals surface area contributed by atoms with Crippen molar-refractivity contribution in [2.45, 2.75) is 19.3 Å². The Hall–Kier alpha value is -0.410. The van der Waals surface area contributed by atoms with E-state index in [0.717, 1.165) is 13.0 Å². The number of rotatable bonds is 7. The van der Waals surface area contributed by atoms with Gasteiger partial charge in [0.1, 0.15) is 5.78 Å². The van der Waals surface area contributed by atoms with E-state index in [9.17, 15) is 4.79 Å². The fourth-order valence-corrected chi connectivity index (χ4v) is 0.803. The van der Waals surface area contributed by atoms with Crippen LogP contribution in [0.5, 0.6) is 0 Å². The second kappa shape index (κ2) is 7.69. The average molecular weight is 159 g/mol. The molecule has 0 saturated heterocycles. The van der Waals surface area contributed by atoms with Crippen LogP contribution in [0.25, 0.3) is 0 Å². The fraction of sp³-hybridized carbons (Fsp3) is 0.875. The van der Waals surface area contributed by atoms with Crippen LogP contribution >= 0.6 is 0 Å². The lowest BCUT2D eigenvalue weighted by molar-refractivity contribution is -0.119. The molecule has 0 atom stereocenters. The first-order valence-electron chi connectivity index (χ1n) is 3.96. The summed E-state index contributed by atoms with van der Waals surface area (Å²) in [5.74, 6) is 0.316. The Balaban J connectivity index is 3.09. The van der Waals surface area contributed by atoms with Gasteiger partial charge in [-0.2, -0.15) is 0 Å². The minimum Gasteiger partial charge on any atom is -0.385 e. The molecule has 0 bridgehead atoms. The third-order valence-electron chi connectivity index (χ3n) is 1.46. The Labute approximate surface area is 68.1 Å². The monoisotopic (exact) mass is 159 g/mol. The largest absolute Gasteiger partial charge is 0.385 e. The molecule has 0 aromatic carbocycles. The maximum Gasteiger partial charge on any atom is 0.134 e. The molecule has 0 radical (unpaired) electrons. The summed E-state index contributed by atoms with van der Waals surface area (Å²) in [5.41, 5.74) is 0. The molecule has 0 heterocycles. The van der Waals surface area contributed by atoms with Crippen LogP contribution in [-0.2, 0) is 9.53 Å². The Morgan fingerprint density at radius 3 is 2.73 bits per heavy atom. The maximum atomic E-state index is 11.0. The number of ketones is 1. The van der Waals surface area contributed by atoms with E-state index in [2.05, 4.69) is 5.32 Å². The first-order valence-corrected chi connectivity index (χ1v) is 3.96. The Morgan fingerprint density at radius 1 is 1.45 bits per heavy atom. The minimum absolute atomic E-state index is 0.316. The average Bonchev–Trinajstić information content (AvgIpc) is 2.01. The van der Waals surface area contributed by atoms with Crippen LogP contribution < -0.4 is 5.32 Å². The maximum absolute atomic E-state index is 11.0. The van der Waals surface area contributed by atoms with Gasteiger partial charge in [0, 0.05) is 33.1 Å². The van der Waals surface area contributed by atoms with Crippen LogP contribution in [0.1, 0.15) is 19.3 Å². The lowest BCUT2D eigenvalue weighted by Crippen LogP contribution is -2.13. The van der Waals surface area contributed by atoms with Crippen molar-refractivity contribution in [1.82, 2.24) is 5.32 Å². The molecule has 0 aliphatic heterocycles. The number of ether oxygens (including phenoxy) is 1. The molecule has 0 aromatic heterocycles. The van der Waals surface area contributed by atoms with Crippen molar-refractivity contribution in [3.63, 3.8) is 0 Å². The van der Waals surface area contributed by atoms with Crippen LogP contribution in [0.2, 0.25) is 0 Å². The molecule has 0 fully saturated rings. The van der Waals surface area contributed by atoms with Crippen molar-refractivity contribution in [2.24, 2.45) is 0 Å². The molecule has 0 spiro atoms. The summed E-state index contributed by atoms with van der Waals surface area (Å²) in [7, 11) is 3.50. The van der Waals surface area contributed by atoms with Crippen molar-refractivity contribution in [1.29, 1.82) is 0 Å². The van der Waals surface area contributed by atoms with Gasteiger partial charge in [0.25, 0.3) is 0 Å². The highest BCUT2D eigenvalue weighted by Gasteiger charge is 1.99. The predicted octanol–water partition coefficient (Wildman–Crippen LogP) is 0.592. The normalized spacial score (nSPS) is 10.0. The summed E-state index contributed by atoms with van der Waals surface area (Å²) in [4.78, 5) is 11.0. The summed E-state index contributed by atoms with van der Waals surface area (Å²) >= 11 is 0. The highest BCUT2D eigenvalue weighted by Crippen LogP contribution is 1.94. The van der Waals surface area contributed by atoms with E-state index in [1.54, 1.807) is 7.11 Å². The van der Waals surface area contributed by atoms with Gasteiger partial charge < -0.3 is 10.1 Å². The van der Waals surface area contributed by atoms with E-state index >= 15 is 0 Å². The molecule has 0 rings (SSSR count). The van der Waals surface area contributed by atoms with Gasteiger partial charge in [-0.3, -0.25) is 4.79 Å². The van der Waals surface area contributed by atoms with E-state index in [0.29, 0.717) is 25.2 Å². The zero-order valence-corrected chi connectivity index (χ0v) is 7.35. The molecular formula is C8H17NO2. The van der Waals surface area contributed by atoms with Crippen molar-refractivity contribution >= 4 is 5.78 Å². The van der Waals surface area contributed by atoms with Crippen molar-refractivity contribution in [2.75, 3.05) is 27.3 Å². The first kappa shape index (κ1) is 10.6. The second-order valence-electron chi connectivity index (χ2n) is 2.49. The molecule has 0 amide bonds. The topological polar surface area (TPSA) is 38.3 Å². The van der Waals surface area contributed by atoms with Crippen LogP contribution in [0.3, 0.4) is 0 Å². The summed E-state index contributed by atoms with van der Waals surface area (Å²) in [6, 6.07) is 0. The van der Waals surface area contributed by atoms with E-state index in [-0.39, 0.29) is 0 Å². The summed E-state index contributed by atoms with van der Waals surface area (Å²) in [6.07, 6.45) is 2.13. The molecule has 0 unspecified atom stereocenters. The Morgan fingerprint density at radius 2 is 2.18 bits per heavy atom. The second-order valence-corrected chi connectivity index (χ2v) is 2.49. The Kier molecular flexibility index (Phi) is 7.41. The first-order chi connectivity index (χ1) is 5.31. The smallest absolute Gasteiger partial charge is 0.134 e. The van der Waals surface area contributed by atoms with Gasteiger partial charge in [-0.1, -0.05) is 0 Å². The molecular weight excluding hydrogens is 142 g/mol. The zero-order chi connectivity index (χ0) is 8.53. The summed E-state index contributed by atoms with van der Waals surface area (Å²) < 4.78 is 4.83. The van der Waals surface area contributed by atoms with Gasteiger partial charge in [0.05, 0.1) is 0 Å². The van der Waals surface area contributed by atoms with Gasteiger partial charge in [-0.15, -0.1) is 0 Å². The number of carbonyl (C=O) groups is 1. The van der Waals surface area contributed by atoms with Crippen molar-refractivity contribution in [3.8, 4) is 0 Å². The molecule has 0 aliphatic rings. The standard InChI is InChI=1S/C8H17NO2/c1-9-6-5-8(10)4-3-7-11-2/h9H,3-7H2,1-2H3. The lowest BCUT2D eigenvalue weighted by Gasteiger charge is -1.99. The molecule has 3 heteroatoms. The van der Waals surface area contributed by atoms with Crippen LogP contribution in [0.15, 0.2) is 0 Å². The van der Waals surface area contributed by atoms with E-state index in [1.807, 2.05) is 7.05 Å². The van der Waals surface area contributed by atoms with Gasteiger partial charge in [-0.25, -0.2) is 0 Å². The number of hydrogen-bond acceptors (Lipinski definition) is 3. The van der Waals surface area contributed by atoms with E-state index < -0.39 is 0 Å². The van der Waals surface area contributed by atoms with Crippen molar-refractivity contribution < 1.29 is 9.53 Å². The van der Waals surface area contributed by atoms with Crippen molar-refractivity contribution in [3.05, 3.63) is 0 Å². The fourth-order valence-electron chi connectivity index (χ4n) is 0.803. The van der Waals surface area contributed by atoms with E-state index in [1.165, 1.54) is 0 Å². The van der Waals surface area contributed by atoms with Crippen LogP contribution in [0.4, 0.5) is 0 Å². The molecule has 0 saturated carbocycles. The SMILES string of the molecule is CNCCC(=O)CCCOC. The molecule has 1 N–H and O–H groups in total. The lowest BCUT2D eigenvalue weighted by atomic mass is 10.2. The van der Waals surface area contributed by atoms with Gasteiger partial charge in [0.2, 0.25) is 0 Å². The molecule has 0 aliphatic carbocycles. The predicted molar refractivity (Wildman–Crippen MR) is 44.7 cm³/mol. The Bertz CT molecular complexity index is 104. The molecule has 3 nitrogen and oxygen atoms in total. The minimum atomic E-state index is 0.316. The van der Waals surface area contributed by atoms with E-state index in [4.69, 9.17) is 4.74 Å². The van der Waals surface area contributed by atoms with Crippen LogP contribution in [-0.4, -0.2) is 33.1 Å². The van der Waals surface area contributed by atoms with Gasteiger partial charge in [0.15, 0.2) is 0 Å². The van der Waals surface area contributed by atoms with Crippen LogP contribution in [0, 0.1) is 0 Å². The molecule has 66 valence electrons. The third-order valence-corrected chi connectivity index (χ3v) is 1.46. The summed E-state index contributed by atoms with van der Waals surface area (Å²) in [5, 5.41) is 2.94. The number of hydrogen-bond donors (Lipinski definition) is 1. The highest BCUT2D eigenvalue weighted by atomic mass is 16.5. The van der Waals surface area contributed by atoms with Gasteiger partial charge >= 0.3 is 0 Å². The molecule has 11 heavy (non-hydrogen) atoms. The molecule has 0 aromatic rings. The summed E-state index contributed by atoms with van der Waals surface area (Å²) in [6.45, 7) is 1.47. The zero-order valence-electron chi connectivity index (χ0n) is 7.35.